The van der Waals surface area contributed by atoms with Crippen LogP contribution in [0.5, 0.6) is 0 Å². The number of rotatable bonds is 5. The third-order valence-electron chi connectivity index (χ3n) is 2.55. The lowest BCUT2D eigenvalue weighted by Gasteiger charge is -2.12. The summed E-state index contributed by atoms with van der Waals surface area (Å²) in [5.74, 6) is -0.228. The Bertz CT molecular complexity index is 470. The molecule has 0 aliphatic heterocycles. The predicted molar refractivity (Wildman–Crippen MR) is 76.1 cm³/mol. The molecule has 0 unspecified atom stereocenters. The topological polar surface area (TPSA) is 84.2 Å². The molecule has 1 rings (SSSR count). The van der Waals surface area contributed by atoms with Gasteiger partial charge in [-0.2, -0.15) is 0 Å². The molecule has 0 aliphatic rings. The average Bonchev–Trinajstić information content (AvgIpc) is 2.27. The molecular formula is C14H21N3O2. The Morgan fingerprint density at radius 2 is 2.00 bits per heavy atom. The molecule has 0 fully saturated rings. The van der Waals surface area contributed by atoms with Crippen LogP contribution in [0.25, 0.3) is 0 Å². The summed E-state index contributed by atoms with van der Waals surface area (Å²) < 4.78 is 0. The Morgan fingerprint density at radius 1 is 1.32 bits per heavy atom. The van der Waals surface area contributed by atoms with Crippen molar-refractivity contribution >= 4 is 17.5 Å². The smallest absolute Gasteiger partial charge is 0.251 e. The van der Waals surface area contributed by atoms with Gasteiger partial charge in [-0.1, -0.05) is 0 Å². The van der Waals surface area contributed by atoms with Gasteiger partial charge in [0.2, 0.25) is 5.91 Å². The summed E-state index contributed by atoms with van der Waals surface area (Å²) in [6, 6.07) is 5.31. The van der Waals surface area contributed by atoms with Crippen LogP contribution >= 0.6 is 0 Å². The second kappa shape index (κ2) is 6.89. The Morgan fingerprint density at radius 3 is 2.53 bits per heavy atom. The first kappa shape index (κ1) is 15.2. The van der Waals surface area contributed by atoms with Gasteiger partial charge >= 0.3 is 0 Å². The van der Waals surface area contributed by atoms with Crippen molar-refractivity contribution in [2.45, 2.75) is 33.2 Å². The maximum absolute atomic E-state index is 11.9. The highest BCUT2D eigenvalue weighted by molar-refractivity contribution is 5.97. The van der Waals surface area contributed by atoms with Crippen LogP contribution in [-0.2, 0) is 4.79 Å². The van der Waals surface area contributed by atoms with Crippen molar-refractivity contribution in [1.82, 2.24) is 5.32 Å². The zero-order valence-electron chi connectivity index (χ0n) is 11.6. The fraction of sp³-hybridized carbons (Fsp3) is 0.429. The van der Waals surface area contributed by atoms with E-state index >= 15 is 0 Å². The number of carbonyl (C=O) groups is 2. The van der Waals surface area contributed by atoms with Gasteiger partial charge in [-0.15, -0.1) is 0 Å². The molecule has 1 aromatic rings. The van der Waals surface area contributed by atoms with Crippen LogP contribution < -0.4 is 16.4 Å². The monoisotopic (exact) mass is 263 g/mol. The minimum atomic E-state index is -0.124. The number of anilines is 1. The third kappa shape index (κ3) is 4.71. The van der Waals surface area contributed by atoms with E-state index in [2.05, 4.69) is 10.6 Å². The largest absolute Gasteiger partial charge is 0.350 e. The zero-order chi connectivity index (χ0) is 14.4. The molecule has 4 N–H and O–H groups in total. The predicted octanol–water partition coefficient (Wildman–Crippen LogP) is 1.42. The van der Waals surface area contributed by atoms with Crippen molar-refractivity contribution in [3.8, 4) is 0 Å². The number of hydrogen-bond acceptors (Lipinski definition) is 3. The number of nitrogens with two attached hydrogens (primary N) is 1. The number of carbonyl (C=O) groups excluding carboxylic acids is 2. The van der Waals surface area contributed by atoms with Gasteiger partial charge in [0.1, 0.15) is 0 Å². The standard InChI is InChI=1S/C14H21N3O2/c1-9(2)16-14(19)12-5-4-11(8-10(12)3)17-13(18)6-7-15/h4-5,8-9H,6-7,15H2,1-3H3,(H,16,19)(H,17,18). The van der Waals surface area contributed by atoms with Gasteiger partial charge in [0.25, 0.3) is 5.91 Å². The lowest BCUT2D eigenvalue weighted by molar-refractivity contribution is -0.116. The van der Waals surface area contributed by atoms with Crippen molar-refractivity contribution in [2.75, 3.05) is 11.9 Å². The van der Waals surface area contributed by atoms with E-state index in [9.17, 15) is 9.59 Å². The van der Waals surface area contributed by atoms with Gasteiger partial charge in [0.05, 0.1) is 0 Å². The molecule has 0 bridgehead atoms. The molecule has 0 radical (unpaired) electrons. The summed E-state index contributed by atoms with van der Waals surface area (Å²) in [5, 5.41) is 5.58. The molecule has 0 atom stereocenters. The Kier molecular flexibility index (Phi) is 5.51. The van der Waals surface area contributed by atoms with Gasteiger partial charge in [-0.05, 0) is 44.5 Å². The van der Waals surface area contributed by atoms with E-state index in [1.807, 2.05) is 20.8 Å². The van der Waals surface area contributed by atoms with Crippen LogP contribution in [0.1, 0.15) is 36.2 Å². The number of benzene rings is 1. The summed E-state index contributed by atoms with van der Waals surface area (Å²) in [4.78, 5) is 23.3. The SMILES string of the molecule is Cc1cc(NC(=O)CCN)ccc1C(=O)NC(C)C. The van der Waals surface area contributed by atoms with E-state index in [0.717, 1.165) is 5.56 Å². The highest BCUT2D eigenvalue weighted by Crippen LogP contribution is 2.15. The first-order valence-electron chi connectivity index (χ1n) is 6.35. The van der Waals surface area contributed by atoms with Crippen molar-refractivity contribution in [1.29, 1.82) is 0 Å². The number of aryl methyl sites for hydroxylation is 1. The van der Waals surface area contributed by atoms with Crippen molar-refractivity contribution in [3.05, 3.63) is 29.3 Å². The molecule has 2 amide bonds. The van der Waals surface area contributed by atoms with E-state index in [4.69, 9.17) is 5.73 Å². The Hall–Kier alpha value is -1.88. The molecule has 0 spiro atoms. The molecule has 0 heterocycles. The first-order chi connectivity index (χ1) is 8.93. The summed E-state index contributed by atoms with van der Waals surface area (Å²) in [5.41, 5.74) is 7.43. The van der Waals surface area contributed by atoms with Crippen LogP contribution in [-0.4, -0.2) is 24.4 Å². The summed E-state index contributed by atoms with van der Waals surface area (Å²) >= 11 is 0. The quantitative estimate of drug-likeness (QED) is 0.751. The first-order valence-corrected chi connectivity index (χ1v) is 6.35. The second-order valence-corrected chi connectivity index (χ2v) is 4.74. The molecule has 0 aliphatic carbocycles. The zero-order valence-corrected chi connectivity index (χ0v) is 11.6. The maximum Gasteiger partial charge on any atom is 0.251 e. The van der Waals surface area contributed by atoms with E-state index in [1.165, 1.54) is 0 Å². The van der Waals surface area contributed by atoms with Gasteiger partial charge in [0, 0.05) is 30.3 Å². The number of amides is 2. The van der Waals surface area contributed by atoms with Crippen LogP contribution in [0, 0.1) is 6.92 Å². The molecule has 0 aromatic heterocycles. The molecule has 1 aromatic carbocycles. The molecule has 19 heavy (non-hydrogen) atoms. The molecule has 0 saturated heterocycles. The second-order valence-electron chi connectivity index (χ2n) is 4.74. The van der Waals surface area contributed by atoms with Crippen molar-refractivity contribution in [2.24, 2.45) is 5.73 Å². The highest BCUT2D eigenvalue weighted by atomic mass is 16.2. The highest BCUT2D eigenvalue weighted by Gasteiger charge is 2.11. The van der Waals surface area contributed by atoms with Crippen LogP contribution in [0.2, 0.25) is 0 Å². The minimum absolute atomic E-state index is 0.0934. The Balaban J connectivity index is 2.80. The van der Waals surface area contributed by atoms with E-state index < -0.39 is 0 Å². The summed E-state index contributed by atoms with van der Waals surface area (Å²) in [6.07, 6.45) is 0.286. The van der Waals surface area contributed by atoms with Gasteiger partial charge in [0.15, 0.2) is 0 Å². The molecular weight excluding hydrogens is 242 g/mol. The van der Waals surface area contributed by atoms with Gasteiger partial charge in [-0.25, -0.2) is 0 Å². The number of nitrogens with one attached hydrogen (secondary N) is 2. The molecule has 104 valence electrons. The van der Waals surface area contributed by atoms with Gasteiger partial charge < -0.3 is 16.4 Å². The third-order valence-corrected chi connectivity index (χ3v) is 2.55. The normalized spacial score (nSPS) is 10.4. The van der Waals surface area contributed by atoms with Crippen molar-refractivity contribution in [3.63, 3.8) is 0 Å². The molecule has 0 saturated carbocycles. The lowest BCUT2D eigenvalue weighted by Crippen LogP contribution is -2.30. The van der Waals surface area contributed by atoms with Crippen LogP contribution in [0.4, 0.5) is 5.69 Å². The fourth-order valence-electron chi connectivity index (χ4n) is 1.69. The van der Waals surface area contributed by atoms with E-state index in [1.54, 1.807) is 18.2 Å². The average molecular weight is 263 g/mol. The summed E-state index contributed by atoms with van der Waals surface area (Å²) in [6.45, 7) is 5.98. The lowest BCUT2D eigenvalue weighted by atomic mass is 10.1. The number of hydrogen-bond donors (Lipinski definition) is 3. The molecule has 5 heteroatoms. The van der Waals surface area contributed by atoms with Crippen LogP contribution in [0.3, 0.4) is 0 Å². The fourth-order valence-corrected chi connectivity index (χ4v) is 1.69. The van der Waals surface area contributed by atoms with Crippen LogP contribution in [0.15, 0.2) is 18.2 Å². The van der Waals surface area contributed by atoms with Gasteiger partial charge in [-0.3, -0.25) is 9.59 Å². The minimum Gasteiger partial charge on any atom is -0.350 e. The Labute approximate surface area is 113 Å². The van der Waals surface area contributed by atoms with Crippen molar-refractivity contribution < 1.29 is 9.59 Å². The van der Waals surface area contributed by atoms with E-state index in [0.29, 0.717) is 17.8 Å². The summed E-state index contributed by atoms with van der Waals surface area (Å²) in [7, 11) is 0. The maximum atomic E-state index is 11.9. The van der Waals surface area contributed by atoms with E-state index in [-0.39, 0.29) is 24.3 Å². The molecule has 5 nitrogen and oxygen atoms in total.